The predicted octanol–water partition coefficient (Wildman–Crippen LogP) is 8.27. The van der Waals surface area contributed by atoms with Crippen LogP contribution in [0.2, 0.25) is 10.0 Å². The normalized spacial score (nSPS) is 14.7. The third kappa shape index (κ3) is 11.4. The Bertz CT molecular complexity index is 1920. The van der Waals surface area contributed by atoms with Gasteiger partial charge in [0.05, 0.1) is 49.7 Å². The Morgan fingerprint density at radius 2 is 1.05 bits per heavy atom. The fourth-order valence-corrected chi connectivity index (χ4v) is 8.04. The van der Waals surface area contributed by atoms with Crippen molar-refractivity contribution in [1.29, 1.82) is 0 Å². The summed E-state index contributed by atoms with van der Waals surface area (Å²) < 4.78 is 33.1. The van der Waals surface area contributed by atoms with Gasteiger partial charge in [0, 0.05) is 73.5 Å². The van der Waals surface area contributed by atoms with E-state index in [4.69, 9.17) is 51.6 Å². The topological polar surface area (TPSA) is 96.0 Å². The fourth-order valence-electron chi connectivity index (χ4n) is 6.35. The molecular formula is C44H46Cl2N2O8S. The van der Waals surface area contributed by atoms with E-state index in [0.717, 1.165) is 43.2 Å². The summed E-state index contributed by atoms with van der Waals surface area (Å²) in [6.07, 6.45) is 6.77. The molecule has 2 fully saturated rings. The third-order valence-electron chi connectivity index (χ3n) is 9.31. The second kappa shape index (κ2) is 21.4. The number of nitrogens with zero attached hydrogens (tertiary/aromatic N) is 2. The molecule has 2 aliphatic heterocycles. The van der Waals surface area contributed by atoms with Gasteiger partial charge in [0.1, 0.15) is 24.7 Å². The van der Waals surface area contributed by atoms with Crippen molar-refractivity contribution in [1.82, 2.24) is 9.80 Å². The number of benzene rings is 4. The molecule has 4 aromatic carbocycles. The zero-order valence-corrected chi connectivity index (χ0v) is 34.4. The Morgan fingerprint density at radius 3 is 1.46 bits per heavy atom. The first-order chi connectivity index (χ1) is 27.9. The van der Waals surface area contributed by atoms with Crippen molar-refractivity contribution in [2.75, 3.05) is 93.3 Å². The summed E-state index contributed by atoms with van der Waals surface area (Å²) in [5, 5.41) is 0.975. The number of morpholine rings is 2. The highest BCUT2D eigenvalue weighted by atomic mass is 35.5. The number of carbonyl (C=O) groups is 2. The molecule has 2 aliphatic rings. The summed E-state index contributed by atoms with van der Waals surface area (Å²) >= 11 is 16.2. The van der Waals surface area contributed by atoms with Gasteiger partial charge >= 0.3 is 0 Å². The molecule has 0 N–H and O–H groups in total. The van der Waals surface area contributed by atoms with Gasteiger partial charge in [-0.05, 0) is 70.8 Å². The van der Waals surface area contributed by atoms with Gasteiger partial charge in [-0.3, -0.25) is 9.59 Å². The van der Waals surface area contributed by atoms with Gasteiger partial charge in [-0.25, -0.2) is 0 Å². The number of methoxy groups -OCH3 is 2. The lowest BCUT2D eigenvalue weighted by Crippen LogP contribution is -2.39. The average molecular weight is 834 g/mol. The summed E-state index contributed by atoms with van der Waals surface area (Å²) in [4.78, 5) is 31.3. The molecule has 57 heavy (non-hydrogen) atoms. The zero-order chi connectivity index (χ0) is 40.0. The molecule has 0 spiro atoms. The van der Waals surface area contributed by atoms with E-state index < -0.39 is 0 Å². The van der Waals surface area contributed by atoms with E-state index in [1.165, 1.54) is 11.8 Å². The third-order valence-corrected chi connectivity index (χ3v) is 11.4. The van der Waals surface area contributed by atoms with Crippen LogP contribution in [0.15, 0.2) is 94.7 Å². The molecule has 0 saturated carbocycles. The number of rotatable bonds is 16. The molecule has 13 heteroatoms. The second-order valence-corrected chi connectivity index (χ2v) is 14.9. The number of carbonyl (C=O) groups excluding carboxylic acids is 2. The Kier molecular flexibility index (Phi) is 15.9. The number of hydrogen-bond acceptors (Lipinski definition) is 9. The molecule has 4 aromatic rings. The van der Waals surface area contributed by atoms with Gasteiger partial charge in [0.2, 0.25) is 11.8 Å². The highest BCUT2D eigenvalue weighted by molar-refractivity contribution is 7.99. The summed E-state index contributed by atoms with van der Waals surface area (Å²) in [5.41, 5.74) is 4.65. The molecule has 0 bridgehead atoms. The largest absolute Gasteiger partial charge is 0.491 e. The molecular weight excluding hydrogens is 787 g/mol. The van der Waals surface area contributed by atoms with Crippen LogP contribution in [0.25, 0.3) is 34.4 Å². The molecule has 0 radical (unpaired) electrons. The van der Waals surface area contributed by atoms with Crippen LogP contribution in [-0.2, 0) is 28.5 Å². The molecule has 2 heterocycles. The van der Waals surface area contributed by atoms with Gasteiger partial charge in [-0.2, -0.15) is 0 Å². The lowest BCUT2D eigenvalue weighted by molar-refractivity contribution is -0.130. The molecule has 10 nitrogen and oxygen atoms in total. The monoisotopic (exact) mass is 832 g/mol. The molecule has 2 saturated heterocycles. The van der Waals surface area contributed by atoms with Gasteiger partial charge < -0.3 is 38.2 Å². The number of amides is 2. The van der Waals surface area contributed by atoms with Crippen molar-refractivity contribution in [3.63, 3.8) is 0 Å². The fraction of sp³-hybridized carbons (Fsp3) is 0.318. The molecule has 0 atom stereocenters. The van der Waals surface area contributed by atoms with Crippen LogP contribution < -0.4 is 9.47 Å². The smallest absolute Gasteiger partial charge is 0.246 e. The predicted molar refractivity (Wildman–Crippen MR) is 226 cm³/mol. The number of ether oxygens (including phenoxy) is 6. The summed E-state index contributed by atoms with van der Waals surface area (Å²) in [6, 6.07) is 23.1. The Labute approximate surface area is 348 Å². The highest BCUT2D eigenvalue weighted by Crippen LogP contribution is 2.47. The van der Waals surface area contributed by atoms with Crippen LogP contribution >= 0.6 is 35.0 Å². The highest BCUT2D eigenvalue weighted by Gasteiger charge is 2.21. The average Bonchev–Trinajstić information content (AvgIpc) is 3.24. The Hall–Kier alpha value is -4.33. The first-order valence-corrected chi connectivity index (χ1v) is 20.3. The summed E-state index contributed by atoms with van der Waals surface area (Å²) in [5.74, 6) is 1.14. The molecule has 0 aromatic heterocycles. The minimum absolute atomic E-state index is 0.0938. The van der Waals surface area contributed by atoms with E-state index in [1.807, 2.05) is 72.8 Å². The van der Waals surface area contributed by atoms with Gasteiger partial charge in [-0.15, -0.1) is 0 Å². The van der Waals surface area contributed by atoms with Gasteiger partial charge in [0.25, 0.3) is 0 Å². The quantitative estimate of drug-likeness (QED) is 0.0817. The van der Waals surface area contributed by atoms with Crippen molar-refractivity contribution in [2.45, 2.75) is 9.79 Å². The van der Waals surface area contributed by atoms with Crippen LogP contribution in [0.5, 0.6) is 11.5 Å². The van der Waals surface area contributed by atoms with Crippen molar-refractivity contribution in [3.8, 4) is 33.8 Å². The van der Waals surface area contributed by atoms with E-state index >= 15 is 0 Å². The second-order valence-electron chi connectivity index (χ2n) is 13.1. The number of hydrogen-bond donors (Lipinski definition) is 0. The van der Waals surface area contributed by atoms with Crippen LogP contribution in [-0.4, -0.2) is 115 Å². The zero-order valence-electron chi connectivity index (χ0n) is 32.0. The first kappa shape index (κ1) is 42.3. The van der Waals surface area contributed by atoms with Crippen molar-refractivity contribution < 1.29 is 38.0 Å². The van der Waals surface area contributed by atoms with Gasteiger partial charge in [-0.1, -0.05) is 71.4 Å². The van der Waals surface area contributed by atoms with E-state index in [1.54, 1.807) is 48.3 Å². The van der Waals surface area contributed by atoms with Crippen LogP contribution in [0.4, 0.5) is 0 Å². The van der Waals surface area contributed by atoms with E-state index in [2.05, 4.69) is 0 Å². The molecule has 0 unspecified atom stereocenters. The number of halogens is 2. The van der Waals surface area contributed by atoms with E-state index in [-0.39, 0.29) is 11.8 Å². The minimum Gasteiger partial charge on any atom is -0.491 e. The first-order valence-electron chi connectivity index (χ1n) is 18.7. The summed E-state index contributed by atoms with van der Waals surface area (Å²) in [6.45, 7) is 5.89. The van der Waals surface area contributed by atoms with E-state index in [0.29, 0.717) is 101 Å². The van der Waals surface area contributed by atoms with Crippen LogP contribution in [0.1, 0.15) is 11.1 Å². The Morgan fingerprint density at radius 1 is 0.632 bits per heavy atom. The van der Waals surface area contributed by atoms with Crippen molar-refractivity contribution >= 4 is 58.9 Å². The standard InChI is InChI=1S/C44H46Cl2N2O8S/c1-51-25-27-55-35-7-3-5-33(29-35)41-31(11-15-39(49)47-17-21-53-22-18-47)9-13-37(43(41)45)57-38-14-10-32(12-16-40(50)48-19-23-54-24-20-48)42(44(38)46)34-6-4-8-36(30-34)56-28-26-52-2/h3-16,29-30H,17-28H2,1-2H3. The minimum atomic E-state index is -0.0938. The lowest BCUT2D eigenvalue weighted by atomic mass is 9.98. The van der Waals surface area contributed by atoms with E-state index in [9.17, 15) is 9.59 Å². The van der Waals surface area contributed by atoms with Crippen molar-refractivity contribution in [3.05, 3.63) is 106 Å². The molecule has 300 valence electrons. The molecule has 2 amide bonds. The summed E-state index contributed by atoms with van der Waals surface area (Å²) in [7, 11) is 3.26. The maximum absolute atomic E-state index is 13.1. The van der Waals surface area contributed by atoms with Crippen LogP contribution in [0.3, 0.4) is 0 Å². The van der Waals surface area contributed by atoms with Gasteiger partial charge in [0.15, 0.2) is 0 Å². The molecule has 6 rings (SSSR count). The Balaban J connectivity index is 1.38. The van der Waals surface area contributed by atoms with Crippen molar-refractivity contribution in [2.24, 2.45) is 0 Å². The maximum atomic E-state index is 13.1. The maximum Gasteiger partial charge on any atom is 0.246 e. The SMILES string of the molecule is COCCOc1cccc(-c2c(C=CC(=O)N3CCOCC3)ccc(Sc3ccc(C=CC(=O)N4CCOCC4)c(-c4cccc(OCCOC)c4)c3Cl)c2Cl)c1. The molecule has 0 aliphatic carbocycles. The lowest BCUT2D eigenvalue weighted by Gasteiger charge is -2.25. The van der Waals surface area contributed by atoms with Crippen LogP contribution in [0, 0.1) is 0 Å².